The summed E-state index contributed by atoms with van der Waals surface area (Å²) in [6, 6.07) is 8.94. The molecule has 3 aromatic rings. The first kappa shape index (κ1) is 16.0. The number of nitrogens with zero attached hydrogens (tertiary/aromatic N) is 3. The number of hydrogen-bond donors (Lipinski definition) is 1. The molecule has 0 fully saturated rings. The summed E-state index contributed by atoms with van der Waals surface area (Å²) in [6.07, 6.45) is 10.00. The van der Waals surface area contributed by atoms with E-state index in [1.54, 1.807) is 36.7 Å². The number of aromatic nitrogens is 3. The molecule has 0 aliphatic heterocycles. The number of unbranched alkanes of at least 4 members (excludes halogenated alkanes) is 1. The van der Waals surface area contributed by atoms with Crippen LogP contribution >= 0.6 is 11.6 Å². The molecule has 5 nitrogen and oxygen atoms in total. The molecule has 0 unspecified atom stereocenters. The molecule has 0 saturated carbocycles. The maximum absolute atomic E-state index is 12.6. The molecule has 0 saturated heterocycles. The van der Waals surface area contributed by atoms with Gasteiger partial charge in [0, 0.05) is 29.6 Å². The fraction of sp³-hybridized carbons (Fsp3) is 0.167. The molecule has 6 heteroatoms. The molecule has 3 rings (SSSR count). The van der Waals surface area contributed by atoms with E-state index >= 15 is 0 Å². The van der Waals surface area contributed by atoms with E-state index in [4.69, 9.17) is 18.0 Å². The summed E-state index contributed by atoms with van der Waals surface area (Å²) < 4.78 is 1.50. The molecule has 24 heavy (non-hydrogen) atoms. The maximum Gasteiger partial charge on any atom is 0.354 e. The highest BCUT2D eigenvalue weighted by Crippen LogP contribution is 2.25. The third kappa shape index (κ3) is 3.24. The number of anilines is 1. The SMILES string of the molecule is C#CCCCNc1nc(=O)n(-c2cccnc2)c2cc(Cl)ccc12. The van der Waals surface area contributed by atoms with Crippen LogP contribution in [0.2, 0.25) is 5.02 Å². The Morgan fingerprint density at radius 1 is 1.33 bits per heavy atom. The van der Waals surface area contributed by atoms with E-state index in [-0.39, 0.29) is 0 Å². The first-order valence-electron chi connectivity index (χ1n) is 7.51. The van der Waals surface area contributed by atoms with Gasteiger partial charge in [0.1, 0.15) is 5.82 Å². The molecule has 1 N–H and O–H groups in total. The molecule has 0 spiro atoms. The van der Waals surface area contributed by atoms with Gasteiger partial charge in [-0.05, 0) is 36.8 Å². The molecule has 0 radical (unpaired) electrons. The molecular formula is C18H15ClN4O. The van der Waals surface area contributed by atoms with Gasteiger partial charge in [0.05, 0.1) is 17.4 Å². The van der Waals surface area contributed by atoms with E-state index in [9.17, 15) is 4.79 Å². The van der Waals surface area contributed by atoms with Crippen LogP contribution in [0.3, 0.4) is 0 Å². The Kier molecular flexibility index (Phi) is 4.78. The van der Waals surface area contributed by atoms with Crippen LogP contribution in [0, 0.1) is 12.3 Å². The first-order chi connectivity index (χ1) is 11.7. The Hall–Kier alpha value is -2.84. The second-order valence-electron chi connectivity index (χ2n) is 5.19. The minimum Gasteiger partial charge on any atom is -0.369 e. The van der Waals surface area contributed by atoms with Crippen molar-refractivity contribution in [1.82, 2.24) is 14.5 Å². The van der Waals surface area contributed by atoms with Crippen LogP contribution in [0.1, 0.15) is 12.8 Å². The molecule has 0 amide bonds. The Morgan fingerprint density at radius 2 is 2.21 bits per heavy atom. The van der Waals surface area contributed by atoms with Gasteiger partial charge >= 0.3 is 5.69 Å². The second-order valence-corrected chi connectivity index (χ2v) is 5.62. The number of rotatable bonds is 5. The van der Waals surface area contributed by atoms with Crippen molar-refractivity contribution in [3.63, 3.8) is 0 Å². The smallest absolute Gasteiger partial charge is 0.354 e. The van der Waals surface area contributed by atoms with Crippen LogP contribution in [-0.2, 0) is 0 Å². The fourth-order valence-electron chi connectivity index (χ4n) is 2.47. The zero-order valence-corrected chi connectivity index (χ0v) is 13.6. The minimum atomic E-state index is -0.391. The molecule has 120 valence electrons. The lowest BCUT2D eigenvalue weighted by Crippen LogP contribution is -2.23. The maximum atomic E-state index is 12.6. The third-order valence-electron chi connectivity index (χ3n) is 3.55. The van der Waals surface area contributed by atoms with Crippen molar-refractivity contribution in [2.75, 3.05) is 11.9 Å². The number of nitrogens with one attached hydrogen (secondary N) is 1. The minimum absolute atomic E-state index is 0.391. The van der Waals surface area contributed by atoms with Crippen molar-refractivity contribution in [1.29, 1.82) is 0 Å². The Morgan fingerprint density at radius 3 is 2.96 bits per heavy atom. The number of hydrogen-bond acceptors (Lipinski definition) is 4. The molecule has 2 aromatic heterocycles. The van der Waals surface area contributed by atoms with Crippen molar-refractivity contribution in [2.45, 2.75) is 12.8 Å². The van der Waals surface area contributed by atoms with E-state index in [1.807, 2.05) is 6.07 Å². The third-order valence-corrected chi connectivity index (χ3v) is 3.78. The van der Waals surface area contributed by atoms with Crippen molar-refractivity contribution in [3.05, 3.63) is 58.2 Å². The summed E-state index contributed by atoms with van der Waals surface area (Å²) in [4.78, 5) is 20.8. The van der Waals surface area contributed by atoms with Gasteiger partial charge < -0.3 is 5.32 Å². The fourth-order valence-corrected chi connectivity index (χ4v) is 2.63. The summed E-state index contributed by atoms with van der Waals surface area (Å²) in [7, 11) is 0. The van der Waals surface area contributed by atoms with Crippen molar-refractivity contribution in [2.24, 2.45) is 0 Å². The highest BCUT2D eigenvalue weighted by molar-refractivity contribution is 6.31. The molecular weight excluding hydrogens is 324 g/mol. The highest BCUT2D eigenvalue weighted by atomic mass is 35.5. The van der Waals surface area contributed by atoms with Crippen molar-refractivity contribution >= 4 is 28.3 Å². The molecule has 2 heterocycles. The van der Waals surface area contributed by atoms with E-state index < -0.39 is 5.69 Å². The predicted octanol–water partition coefficient (Wildman–Crippen LogP) is 3.26. The van der Waals surface area contributed by atoms with E-state index in [1.165, 1.54) is 4.57 Å². The lowest BCUT2D eigenvalue weighted by molar-refractivity contribution is 0.890. The quantitative estimate of drug-likeness (QED) is 0.573. The molecule has 1 aromatic carbocycles. The zero-order chi connectivity index (χ0) is 16.9. The van der Waals surface area contributed by atoms with Gasteiger partial charge in [-0.25, -0.2) is 4.79 Å². The number of terminal acetylenes is 1. The van der Waals surface area contributed by atoms with Crippen LogP contribution in [-0.4, -0.2) is 21.1 Å². The number of halogens is 1. The van der Waals surface area contributed by atoms with Gasteiger partial charge in [-0.3, -0.25) is 9.55 Å². The summed E-state index contributed by atoms with van der Waals surface area (Å²) in [5.41, 5.74) is 0.924. The molecule has 0 atom stereocenters. The van der Waals surface area contributed by atoms with E-state index in [0.29, 0.717) is 35.0 Å². The Labute approximate surface area is 144 Å². The standard InChI is InChI=1S/C18H15ClN4O/c1-2-3-4-10-21-17-15-8-7-13(19)11-16(15)23(18(24)22-17)14-6-5-9-20-12-14/h1,5-9,11-12H,3-4,10H2,(H,21,22,24). The molecule has 0 aliphatic rings. The monoisotopic (exact) mass is 338 g/mol. The predicted molar refractivity (Wildman–Crippen MR) is 96.7 cm³/mol. The number of fused-ring (bicyclic) bond motifs is 1. The number of pyridine rings is 1. The molecule has 0 aliphatic carbocycles. The van der Waals surface area contributed by atoms with Crippen molar-refractivity contribution in [3.8, 4) is 18.0 Å². The summed E-state index contributed by atoms with van der Waals surface area (Å²) in [5.74, 6) is 3.12. The Bertz CT molecular complexity index is 960. The van der Waals surface area contributed by atoms with E-state index in [2.05, 4.69) is 21.2 Å². The molecule has 0 bridgehead atoms. The van der Waals surface area contributed by atoms with Gasteiger partial charge in [0.15, 0.2) is 0 Å². The highest BCUT2D eigenvalue weighted by Gasteiger charge is 2.12. The lowest BCUT2D eigenvalue weighted by Gasteiger charge is -2.13. The van der Waals surface area contributed by atoms with Crippen molar-refractivity contribution < 1.29 is 0 Å². The summed E-state index contributed by atoms with van der Waals surface area (Å²) in [5, 5.41) is 4.54. The first-order valence-corrected chi connectivity index (χ1v) is 7.88. The van der Waals surface area contributed by atoms with Gasteiger partial charge in [-0.1, -0.05) is 11.6 Å². The average molecular weight is 339 g/mol. The number of benzene rings is 1. The lowest BCUT2D eigenvalue weighted by atomic mass is 10.2. The van der Waals surface area contributed by atoms with Crippen LogP contribution in [0.4, 0.5) is 5.82 Å². The van der Waals surface area contributed by atoms with Crippen LogP contribution in [0.25, 0.3) is 16.6 Å². The summed E-state index contributed by atoms with van der Waals surface area (Å²) in [6.45, 7) is 0.644. The second kappa shape index (κ2) is 7.16. The largest absolute Gasteiger partial charge is 0.369 e. The Balaban J connectivity index is 2.14. The van der Waals surface area contributed by atoms with Crippen LogP contribution < -0.4 is 11.0 Å². The van der Waals surface area contributed by atoms with Gasteiger partial charge in [0.25, 0.3) is 0 Å². The van der Waals surface area contributed by atoms with Gasteiger partial charge in [-0.2, -0.15) is 4.98 Å². The van der Waals surface area contributed by atoms with Gasteiger partial charge in [0.2, 0.25) is 0 Å². The van der Waals surface area contributed by atoms with Gasteiger partial charge in [-0.15, -0.1) is 12.3 Å². The summed E-state index contributed by atoms with van der Waals surface area (Å²) >= 11 is 6.13. The zero-order valence-electron chi connectivity index (χ0n) is 12.9. The topological polar surface area (TPSA) is 59.8 Å². The van der Waals surface area contributed by atoms with Crippen LogP contribution in [0.15, 0.2) is 47.5 Å². The van der Waals surface area contributed by atoms with Crippen LogP contribution in [0.5, 0.6) is 0 Å². The average Bonchev–Trinajstić information content (AvgIpc) is 2.59. The normalized spacial score (nSPS) is 10.5. The van der Waals surface area contributed by atoms with E-state index in [0.717, 1.165) is 11.8 Å².